The first-order valence-electron chi connectivity index (χ1n) is 6.23. The van der Waals surface area contributed by atoms with Crippen molar-refractivity contribution in [1.82, 2.24) is 0 Å². The minimum absolute atomic E-state index is 0.599. The summed E-state index contributed by atoms with van der Waals surface area (Å²) in [5.41, 5.74) is 1.87. The van der Waals surface area contributed by atoms with E-state index in [2.05, 4.69) is 20.8 Å². The van der Waals surface area contributed by atoms with Gasteiger partial charge in [0, 0.05) is 30.2 Å². The molecule has 1 atom stereocenters. The van der Waals surface area contributed by atoms with Gasteiger partial charge in [0.1, 0.15) is 6.29 Å². The Morgan fingerprint density at radius 2 is 2.39 bits per heavy atom. The molecule has 1 unspecified atom stereocenters. The maximum Gasteiger partial charge on any atom is 0.150 e. The van der Waals surface area contributed by atoms with E-state index in [0.29, 0.717) is 11.5 Å². The van der Waals surface area contributed by atoms with Gasteiger partial charge in [0.15, 0.2) is 0 Å². The lowest BCUT2D eigenvalue weighted by atomic mass is 9.98. The topological polar surface area (TPSA) is 29.5 Å². The molecule has 0 bridgehead atoms. The minimum atomic E-state index is 0.599. The van der Waals surface area contributed by atoms with E-state index in [1.54, 1.807) is 7.11 Å². The molecule has 1 aromatic carbocycles. The van der Waals surface area contributed by atoms with Gasteiger partial charge in [-0.1, -0.05) is 0 Å². The van der Waals surface area contributed by atoms with E-state index in [1.807, 2.05) is 18.2 Å². The van der Waals surface area contributed by atoms with Crippen molar-refractivity contribution in [3.63, 3.8) is 0 Å². The molecule has 18 heavy (non-hydrogen) atoms. The summed E-state index contributed by atoms with van der Waals surface area (Å²) in [5, 5.41) is 0. The molecular formula is C14H18BrNO2. The number of nitrogens with zero attached hydrogens (tertiary/aromatic N) is 1. The second kappa shape index (κ2) is 6.34. The lowest BCUT2D eigenvalue weighted by Gasteiger charge is -2.34. The highest BCUT2D eigenvalue weighted by molar-refractivity contribution is 9.10. The Hall–Kier alpha value is -0.870. The summed E-state index contributed by atoms with van der Waals surface area (Å²) in [6, 6.07) is 5.76. The van der Waals surface area contributed by atoms with Crippen LogP contribution in [0.4, 0.5) is 5.69 Å². The van der Waals surface area contributed by atoms with Crippen LogP contribution in [-0.2, 0) is 4.74 Å². The highest BCUT2D eigenvalue weighted by Gasteiger charge is 2.21. The molecule has 2 rings (SSSR count). The molecule has 1 heterocycles. The van der Waals surface area contributed by atoms with Gasteiger partial charge >= 0.3 is 0 Å². The van der Waals surface area contributed by atoms with Gasteiger partial charge < -0.3 is 9.64 Å². The fourth-order valence-corrected chi connectivity index (χ4v) is 3.16. The lowest BCUT2D eigenvalue weighted by molar-refractivity contribution is 0.112. The molecule has 0 saturated carbocycles. The molecule has 0 spiro atoms. The van der Waals surface area contributed by atoms with Crippen molar-refractivity contribution in [2.75, 3.05) is 31.7 Å². The fraction of sp³-hybridized carbons (Fsp3) is 0.500. The molecule has 0 radical (unpaired) electrons. The number of hydrogen-bond acceptors (Lipinski definition) is 3. The molecule has 0 N–H and O–H groups in total. The predicted octanol–water partition coefficient (Wildman–Crippen LogP) is 3.12. The Bertz CT molecular complexity index is 420. The highest BCUT2D eigenvalue weighted by Crippen LogP contribution is 2.30. The van der Waals surface area contributed by atoms with Gasteiger partial charge in [-0.15, -0.1) is 0 Å². The molecule has 1 aliphatic heterocycles. The van der Waals surface area contributed by atoms with Crippen LogP contribution in [0.15, 0.2) is 22.7 Å². The molecule has 3 nitrogen and oxygen atoms in total. The van der Waals surface area contributed by atoms with Crippen LogP contribution in [0.25, 0.3) is 0 Å². The summed E-state index contributed by atoms with van der Waals surface area (Å²) in [4.78, 5) is 13.1. The number of hydrogen-bond donors (Lipinski definition) is 0. The van der Waals surface area contributed by atoms with Crippen molar-refractivity contribution in [3.8, 4) is 0 Å². The highest BCUT2D eigenvalue weighted by atomic mass is 79.9. The first-order valence-corrected chi connectivity index (χ1v) is 7.02. The van der Waals surface area contributed by atoms with E-state index < -0.39 is 0 Å². The standard InChI is InChI=1S/C14H18BrNO2/c1-18-10-12-3-2-6-16(8-12)14-5-4-11(9-17)7-13(14)15/h4-5,7,9,12H,2-3,6,8,10H2,1H3. The van der Waals surface area contributed by atoms with Gasteiger partial charge in [-0.2, -0.15) is 0 Å². The zero-order valence-corrected chi connectivity index (χ0v) is 12.1. The third kappa shape index (κ3) is 3.12. The zero-order valence-electron chi connectivity index (χ0n) is 10.6. The number of benzene rings is 1. The van der Waals surface area contributed by atoms with E-state index in [4.69, 9.17) is 4.74 Å². The number of methoxy groups -OCH3 is 1. The molecule has 4 heteroatoms. The van der Waals surface area contributed by atoms with E-state index in [1.165, 1.54) is 18.5 Å². The van der Waals surface area contributed by atoms with E-state index in [9.17, 15) is 4.79 Å². The van der Waals surface area contributed by atoms with Crippen LogP contribution in [0.2, 0.25) is 0 Å². The number of anilines is 1. The summed E-state index contributed by atoms with van der Waals surface area (Å²) < 4.78 is 6.24. The lowest BCUT2D eigenvalue weighted by Crippen LogP contribution is -2.37. The van der Waals surface area contributed by atoms with Gasteiger partial charge in [-0.25, -0.2) is 0 Å². The van der Waals surface area contributed by atoms with Gasteiger partial charge in [0.2, 0.25) is 0 Å². The van der Waals surface area contributed by atoms with Crippen molar-refractivity contribution in [1.29, 1.82) is 0 Å². The third-order valence-electron chi connectivity index (χ3n) is 3.37. The summed E-state index contributed by atoms with van der Waals surface area (Å²) in [5.74, 6) is 0.599. The molecule has 0 amide bonds. The SMILES string of the molecule is COCC1CCCN(c2ccc(C=O)cc2Br)C1. The second-order valence-corrected chi connectivity index (χ2v) is 5.59. The number of aldehydes is 1. The first kappa shape index (κ1) is 13.6. The fourth-order valence-electron chi connectivity index (χ4n) is 2.51. The molecule has 1 aliphatic rings. The molecule has 1 saturated heterocycles. The van der Waals surface area contributed by atoms with E-state index >= 15 is 0 Å². The summed E-state index contributed by atoms with van der Waals surface area (Å²) >= 11 is 3.55. The maximum atomic E-state index is 10.7. The first-order chi connectivity index (χ1) is 8.74. The Morgan fingerprint density at radius 3 is 3.06 bits per heavy atom. The van der Waals surface area contributed by atoms with Crippen LogP contribution in [0.1, 0.15) is 23.2 Å². The molecule has 98 valence electrons. The van der Waals surface area contributed by atoms with E-state index in [0.717, 1.165) is 30.5 Å². The predicted molar refractivity (Wildman–Crippen MR) is 76.3 cm³/mol. The van der Waals surface area contributed by atoms with Crippen molar-refractivity contribution in [3.05, 3.63) is 28.2 Å². The van der Waals surface area contributed by atoms with Crippen LogP contribution >= 0.6 is 15.9 Å². The van der Waals surface area contributed by atoms with Gasteiger partial charge in [0.25, 0.3) is 0 Å². The van der Waals surface area contributed by atoms with Crippen molar-refractivity contribution < 1.29 is 9.53 Å². The van der Waals surface area contributed by atoms with Gasteiger partial charge in [-0.05, 0) is 52.9 Å². The number of halogens is 1. The number of carbonyl (C=O) groups is 1. The molecular weight excluding hydrogens is 294 g/mol. The van der Waals surface area contributed by atoms with Crippen LogP contribution in [-0.4, -0.2) is 33.1 Å². The molecule has 0 aliphatic carbocycles. The van der Waals surface area contributed by atoms with Crippen LogP contribution < -0.4 is 4.90 Å². The normalized spacial score (nSPS) is 19.9. The maximum absolute atomic E-state index is 10.7. The van der Waals surface area contributed by atoms with Crippen LogP contribution in [0.3, 0.4) is 0 Å². The Balaban J connectivity index is 2.13. The Kier molecular flexibility index (Phi) is 4.78. The van der Waals surface area contributed by atoms with Crippen LogP contribution in [0.5, 0.6) is 0 Å². The second-order valence-electron chi connectivity index (χ2n) is 4.74. The van der Waals surface area contributed by atoms with Crippen molar-refractivity contribution >= 4 is 27.9 Å². The van der Waals surface area contributed by atoms with Gasteiger partial charge in [0.05, 0.1) is 12.3 Å². The molecule has 1 aromatic rings. The number of piperidine rings is 1. The van der Waals surface area contributed by atoms with E-state index in [-0.39, 0.29) is 0 Å². The number of ether oxygens (including phenoxy) is 1. The smallest absolute Gasteiger partial charge is 0.150 e. The van der Waals surface area contributed by atoms with Crippen molar-refractivity contribution in [2.24, 2.45) is 5.92 Å². The van der Waals surface area contributed by atoms with Crippen molar-refractivity contribution in [2.45, 2.75) is 12.8 Å². The van der Waals surface area contributed by atoms with Gasteiger partial charge in [-0.3, -0.25) is 4.79 Å². The molecule has 1 fully saturated rings. The molecule has 0 aromatic heterocycles. The quantitative estimate of drug-likeness (QED) is 0.800. The monoisotopic (exact) mass is 311 g/mol. The zero-order chi connectivity index (χ0) is 13.0. The minimum Gasteiger partial charge on any atom is -0.384 e. The average molecular weight is 312 g/mol. The average Bonchev–Trinajstić information content (AvgIpc) is 2.39. The Labute approximate surface area is 116 Å². The number of carbonyl (C=O) groups excluding carboxylic acids is 1. The number of rotatable bonds is 4. The van der Waals surface area contributed by atoms with Crippen LogP contribution in [0, 0.1) is 5.92 Å². The summed E-state index contributed by atoms with van der Waals surface area (Å²) in [6.07, 6.45) is 3.29. The third-order valence-corrected chi connectivity index (χ3v) is 4.01. The largest absolute Gasteiger partial charge is 0.384 e. The summed E-state index contributed by atoms with van der Waals surface area (Å²) in [6.45, 7) is 2.91. The summed E-state index contributed by atoms with van der Waals surface area (Å²) in [7, 11) is 1.76. The Morgan fingerprint density at radius 1 is 1.56 bits per heavy atom.